The van der Waals surface area contributed by atoms with E-state index >= 15 is 0 Å². The SMILES string of the molecule is Cc1nn(C)c(Cl)c1CCCNC(C)C. The molecule has 1 aromatic rings. The van der Waals surface area contributed by atoms with Crippen LogP contribution in [0.3, 0.4) is 0 Å². The Kier molecular flexibility index (Phi) is 4.61. The first-order valence-corrected chi connectivity index (χ1v) is 5.81. The average molecular weight is 230 g/mol. The first kappa shape index (κ1) is 12.5. The van der Waals surface area contributed by atoms with Gasteiger partial charge in [-0.2, -0.15) is 5.10 Å². The lowest BCUT2D eigenvalue weighted by Gasteiger charge is -2.07. The van der Waals surface area contributed by atoms with Gasteiger partial charge in [-0.3, -0.25) is 4.68 Å². The Labute approximate surface area is 96.8 Å². The van der Waals surface area contributed by atoms with Gasteiger partial charge in [0.15, 0.2) is 0 Å². The summed E-state index contributed by atoms with van der Waals surface area (Å²) >= 11 is 6.14. The van der Waals surface area contributed by atoms with E-state index < -0.39 is 0 Å². The highest BCUT2D eigenvalue weighted by Crippen LogP contribution is 2.19. The van der Waals surface area contributed by atoms with Crippen LogP contribution in [0.4, 0.5) is 0 Å². The van der Waals surface area contributed by atoms with Crippen LogP contribution in [-0.4, -0.2) is 22.4 Å². The Hall–Kier alpha value is -0.540. The van der Waals surface area contributed by atoms with Gasteiger partial charge >= 0.3 is 0 Å². The molecule has 0 amide bonds. The van der Waals surface area contributed by atoms with Crippen molar-refractivity contribution in [1.82, 2.24) is 15.1 Å². The topological polar surface area (TPSA) is 29.9 Å². The fraction of sp³-hybridized carbons (Fsp3) is 0.727. The molecular weight excluding hydrogens is 210 g/mol. The van der Waals surface area contributed by atoms with Gasteiger partial charge in [0.25, 0.3) is 0 Å². The van der Waals surface area contributed by atoms with Crippen molar-refractivity contribution in [3.05, 3.63) is 16.4 Å². The summed E-state index contributed by atoms with van der Waals surface area (Å²) in [5.41, 5.74) is 2.23. The molecule has 1 heterocycles. The monoisotopic (exact) mass is 229 g/mol. The van der Waals surface area contributed by atoms with Crippen LogP contribution >= 0.6 is 11.6 Å². The zero-order valence-corrected chi connectivity index (χ0v) is 10.7. The number of aryl methyl sites for hydroxylation is 2. The first-order valence-electron chi connectivity index (χ1n) is 5.43. The predicted molar refractivity (Wildman–Crippen MR) is 64.4 cm³/mol. The van der Waals surface area contributed by atoms with Crippen molar-refractivity contribution in [3.8, 4) is 0 Å². The van der Waals surface area contributed by atoms with Crippen LogP contribution < -0.4 is 5.32 Å². The predicted octanol–water partition coefficient (Wildman–Crippen LogP) is 2.31. The summed E-state index contributed by atoms with van der Waals surface area (Å²) in [7, 11) is 1.88. The Morgan fingerprint density at radius 1 is 1.47 bits per heavy atom. The second-order valence-corrected chi connectivity index (χ2v) is 4.55. The highest BCUT2D eigenvalue weighted by atomic mass is 35.5. The molecule has 0 spiro atoms. The molecule has 4 heteroatoms. The molecule has 0 saturated heterocycles. The van der Waals surface area contributed by atoms with Gasteiger partial charge in [0.05, 0.1) is 5.69 Å². The molecule has 1 N–H and O–H groups in total. The van der Waals surface area contributed by atoms with Gasteiger partial charge in [0.2, 0.25) is 0 Å². The summed E-state index contributed by atoms with van der Waals surface area (Å²) in [5, 5.41) is 8.45. The lowest BCUT2D eigenvalue weighted by atomic mass is 10.1. The number of rotatable bonds is 5. The van der Waals surface area contributed by atoms with Crippen molar-refractivity contribution in [3.63, 3.8) is 0 Å². The van der Waals surface area contributed by atoms with Gasteiger partial charge in [0.1, 0.15) is 5.15 Å². The third kappa shape index (κ3) is 3.50. The fourth-order valence-electron chi connectivity index (χ4n) is 1.61. The Balaban J connectivity index is 2.44. The fourth-order valence-corrected chi connectivity index (χ4v) is 1.88. The Bertz CT molecular complexity index is 318. The molecule has 0 fully saturated rings. The third-order valence-electron chi connectivity index (χ3n) is 2.43. The van der Waals surface area contributed by atoms with Crippen molar-refractivity contribution in [1.29, 1.82) is 0 Å². The number of hydrogen-bond donors (Lipinski definition) is 1. The number of halogens is 1. The van der Waals surface area contributed by atoms with Crippen LogP contribution in [0.2, 0.25) is 5.15 Å². The highest BCUT2D eigenvalue weighted by molar-refractivity contribution is 6.30. The van der Waals surface area contributed by atoms with E-state index in [0.717, 1.165) is 30.2 Å². The van der Waals surface area contributed by atoms with Crippen molar-refractivity contribution in [2.45, 2.75) is 39.7 Å². The van der Waals surface area contributed by atoms with E-state index in [9.17, 15) is 0 Å². The van der Waals surface area contributed by atoms with Gasteiger partial charge < -0.3 is 5.32 Å². The molecule has 1 aromatic heterocycles. The molecule has 0 bridgehead atoms. The summed E-state index contributed by atoms with van der Waals surface area (Å²) in [5.74, 6) is 0. The summed E-state index contributed by atoms with van der Waals surface area (Å²) in [4.78, 5) is 0. The maximum atomic E-state index is 6.14. The van der Waals surface area contributed by atoms with E-state index in [1.165, 1.54) is 5.56 Å². The Morgan fingerprint density at radius 3 is 2.60 bits per heavy atom. The lowest BCUT2D eigenvalue weighted by Crippen LogP contribution is -2.23. The number of nitrogens with one attached hydrogen (secondary N) is 1. The smallest absolute Gasteiger partial charge is 0.130 e. The van der Waals surface area contributed by atoms with Crippen LogP contribution in [-0.2, 0) is 13.5 Å². The zero-order chi connectivity index (χ0) is 11.4. The molecule has 0 aliphatic carbocycles. The maximum absolute atomic E-state index is 6.14. The van der Waals surface area contributed by atoms with Crippen LogP contribution in [0.25, 0.3) is 0 Å². The van der Waals surface area contributed by atoms with Crippen molar-refractivity contribution < 1.29 is 0 Å². The summed E-state index contributed by atoms with van der Waals surface area (Å²) < 4.78 is 1.74. The third-order valence-corrected chi connectivity index (χ3v) is 2.90. The standard InChI is InChI=1S/C11H20ClN3/c1-8(2)13-7-5-6-10-9(3)14-15(4)11(10)12/h8,13H,5-7H2,1-4H3. The molecule has 0 unspecified atom stereocenters. The van der Waals surface area contributed by atoms with Crippen LogP contribution in [0, 0.1) is 6.92 Å². The quantitative estimate of drug-likeness (QED) is 0.786. The van der Waals surface area contributed by atoms with Crippen molar-refractivity contribution in [2.24, 2.45) is 7.05 Å². The number of aromatic nitrogens is 2. The van der Waals surface area contributed by atoms with E-state index in [4.69, 9.17) is 11.6 Å². The summed E-state index contributed by atoms with van der Waals surface area (Å²) in [6.45, 7) is 7.35. The molecular formula is C11H20ClN3. The number of hydrogen-bond acceptors (Lipinski definition) is 2. The van der Waals surface area contributed by atoms with Gasteiger partial charge in [-0.25, -0.2) is 0 Å². The van der Waals surface area contributed by atoms with Gasteiger partial charge in [-0.15, -0.1) is 0 Å². The minimum Gasteiger partial charge on any atom is -0.315 e. The molecule has 3 nitrogen and oxygen atoms in total. The van der Waals surface area contributed by atoms with Crippen LogP contribution in [0.15, 0.2) is 0 Å². The molecule has 0 aromatic carbocycles. The van der Waals surface area contributed by atoms with Crippen molar-refractivity contribution >= 4 is 11.6 Å². The zero-order valence-electron chi connectivity index (χ0n) is 9.97. The summed E-state index contributed by atoms with van der Waals surface area (Å²) in [6, 6.07) is 0.551. The minimum absolute atomic E-state index is 0.551. The summed E-state index contributed by atoms with van der Waals surface area (Å²) in [6.07, 6.45) is 2.10. The first-order chi connectivity index (χ1) is 7.02. The highest BCUT2D eigenvalue weighted by Gasteiger charge is 2.10. The number of nitrogens with zero attached hydrogens (tertiary/aromatic N) is 2. The normalized spacial score (nSPS) is 11.3. The van der Waals surface area contributed by atoms with Crippen LogP contribution in [0.5, 0.6) is 0 Å². The van der Waals surface area contributed by atoms with Crippen LogP contribution in [0.1, 0.15) is 31.5 Å². The molecule has 0 saturated carbocycles. The molecule has 0 radical (unpaired) electrons. The van der Waals surface area contributed by atoms with Crippen molar-refractivity contribution in [2.75, 3.05) is 6.54 Å². The largest absolute Gasteiger partial charge is 0.315 e. The van der Waals surface area contributed by atoms with E-state index in [-0.39, 0.29) is 0 Å². The lowest BCUT2D eigenvalue weighted by molar-refractivity contribution is 0.570. The molecule has 15 heavy (non-hydrogen) atoms. The molecule has 0 aliphatic heterocycles. The molecule has 1 rings (SSSR count). The second-order valence-electron chi connectivity index (χ2n) is 4.19. The van der Waals surface area contributed by atoms with E-state index in [2.05, 4.69) is 24.3 Å². The second kappa shape index (κ2) is 5.52. The van der Waals surface area contributed by atoms with E-state index in [1.54, 1.807) is 4.68 Å². The minimum atomic E-state index is 0.551. The Morgan fingerprint density at radius 2 is 2.13 bits per heavy atom. The van der Waals surface area contributed by atoms with Gasteiger partial charge in [-0.1, -0.05) is 25.4 Å². The van der Waals surface area contributed by atoms with E-state index in [0.29, 0.717) is 6.04 Å². The molecule has 86 valence electrons. The molecule has 0 atom stereocenters. The maximum Gasteiger partial charge on any atom is 0.130 e. The van der Waals surface area contributed by atoms with Gasteiger partial charge in [-0.05, 0) is 26.3 Å². The van der Waals surface area contributed by atoms with E-state index in [1.807, 2.05) is 14.0 Å². The van der Waals surface area contributed by atoms with Gasteiger partial charge in [0, 0.05) is 18.7 Å². The average Bonchev–Trinajstić information content (AvgIpc) is 2.37. The molecule has 0 aliphatic rings.